The number of halogens is 2. The van der Waals surface area contributed by atoms with Gasteiger partial charge in [0.15, 0.2) is 0 Å². The van der Waals surface area contributed by atoms with Crippen LogP contribution in [0.4, 0.5) is 0 Å². The average molecular weight is 262 g/mol. The number of hydrogen-bond acceptors (Lipinski definition) is 0. The van der Waals surface area contributed by atoms with Crippen molar-refractivity contribution < 1.29 is 0 Å². The number of hydrogen-bond donors (Lipinski definition) is 0. The van der Waals surface area contributed by atoms with Gasteiger partial charge in [0.1, 0.15) is 0 Å². The van der Waals surface area contributed by atoms with Crippen LogP contribution in [0.1, 0.15) is 24.5 Å². The van der Waals surface area contributed by atoms with Crippen LogP contribution in [-0.2, 0) is 12.8 Å². The van der Waals surface area contributed by atoms with E-state index in [9.17, 15) is 0 Å². The topological polar surface area (TPSA) is 0 Å². The summed E-state index contributed by atoms with van der Waals surface area (Å²) in [6, 6.07) is 6.39. The van der Waals surface area contributed by atoms with Crippen molar-refractivity contribution in [1.82, 2.24) is 0 Å². The SMILES string of the molecule is CCc1ccc(CCCBr)cc1Cl. The Morgan fingerprint density at radius 3 is 2.69 bits per heavy atom. The Balaban J connectivity index is 2.71. The van der Waals surface area contributed by atoms with Gasteiger partial charge < -0.3 is 0 Å². The van der Waals surface area contributed by atoms with Gasteiger partial charge >= 0.3 is 0 Å². The lowest BCUT2D eigenvalue weighted by Crippen LogP contribution is -1.89. The molecule has 72 valence electrons. The smallest absolute Gasteiger partial charge is 0.0440 e. The van der Waals surface area contributed by atoms with Crippen molar-refractivity contribution in [1.29, 1.82) is 0 Å². The van der Waals surface area contributed by atoms with Gasteiger partial charge in [0.25, 0.3) is 0 Å². The van der Waals surface area contributed by atoms with Crippen LogP contribution in [-0.4, -0.2) is 5.33 Å². The normalized spacial score (nSPS) is 10.4. The van der Waals surface area contributed by atoms with Crippen LogP contribution in [0, 0.1) is 0 Å². The van der Waals surface area contributed by atoms with Crippen molar-refractivity contribution in [3.8, 4) is 0 Å². The predicted octanol–water partition coefficient (Wildman–Crippen LogP) is 4.23. The molecule has 0 aromatic heterocycles. The second kappa shape index (κ2) is 5.66. The van der Waals surface area contributed by atoms with E-state index in [2.05, 4.69) is 41.1 Å². The largest absolute Gasteiger partial charge is 0.0928 e. The third-order valence-corrected chi connectivity index (χ3v) is 3.01. The van der Waals surface area contributed by atoms with E-state index in [0.717, 1.165) is 23.2 Å². The Morgan fingerprint density at radius 1 is 1.38 bits per heavy atom. The molecule has 1 aromatic carbocycles. The maximum atomic E-state index is 6.10. The Kier molecular flexibility index (Phi) is 4.82. The van der Waals surface area contributed by atoms with Crippen LogP contribution in [0.2, 0.25) is 5.02 Å². The minimum absolute atomic E-state index is 0.912. The lowest BCUT2D eigenvalue weighted by Gasteiger charge is -2.04. The molecule has 0 radical (unpaired) electrons. The molecule has 1 rings (SSSR count). The van der Waals surface area contributed by atoms with E-state index in [1.54, 1.807) is 0 Å². The Morgan fingerprint density at radius 2 is 2.15 bits per heavy atom. The molecule has 0 amide bonds. The van der Waals surface area contributed by atoms with Crippen LogP contribution < -0.4 is 0 Å². The first-order valence-corrected chi connectivity index (χ1v) is 6.11. The molecule has 13 heavy (non-hydrogen) atoms. The van der Waals surface area contributed by atoms with E-state index in [4.69, 9.17) is 11.6 Å². The second-order valence-corrected chi connectivity index (χ2v) is 4.27. The Bertz CT molecular complexity index is 271. The molecule has 0 N–H and O–H groups in total. The van der Waals surface area contributed by atoms with Gasteiger partial charge in [-0.3, -0.25) is 0 Å². The van der Waals surface area contributed by atoms with Crippen molar-refractivity contribution in [3.05, 3.63) is 34.3 Å². The zero-order valence-corrected chi connectivity index (χ0v) is 10.2. The summed E-state index contributed by atoms with van der Waals surface area (Å²) in [5.41, 5.74) is 2.57. The van der Waals surface area contributed by atoms with Crippen LogP contribution in [0.15, 0.2) is 18.2 Å². The molecule has 0 heterocycles. The summed E-state index contributed by atoms with van der Waals surface area (Å²) in [5, 5.41) is 1.97. The Labute approximate surface area is 93.4 Å². The molecule has 2 heteroatoms. The molecule has 1 aromatic rings. The van der Waals surface area contributed by atoms with Gasteiger partial charge in [0, 0.05) is 10.4 Å². The maximum Gasteiger partial charge on any atom is 0.0440 e. The molecule has 0 bridgehead atoms. The molecule has 0 aliphatic heterocycles. The summed E-state index contributed by atoms with van der Waals surface area (Å²) in [4.78, 5) is 0. The first-order chi connectivity index (χ1) is 6.27. The predicted molar refractivity (Wildman–Crippen MR) is 62.9 cm³/mol. The number of aryl methyl sites for hydroxylation is 2. The van der Waals surface area contributed by atoms with Gasteiger partial charge in [0.2, 0.25) is 0 Å². The first-order valence-electron chi connectivity index (χ1n) is 4.61. The molecule has 0 fully saturated rings. The fourth-order valence-electron chi connectivity index (χ4n) is 1.30. The van der Waals surface area contributed by atoms with Crippen LogP contribution >= 0.6 is 27.5 Å². The van der Waals surface area contributed by atoms with Gasteiger partial charge in [-0.05, 0) is 36.5 Å². The van der Waals surface area contributed by atoms with Crippen molar-refractivity contribution in [2.24, 2.45) is 0 Å². The van der Waals surface area contributed by atoms with E-state index >= 15 is 0 Å². The summed E-state index contributed by atoms with van der Waals surface area (Å²) < 4.78 is 0. The second-order valence-electron chi connectivity index (χ2n) is 3.07. The molecule has 0 atom stereocenters. The lowest BCUT2D eigenvalue weighted by atomic mass is 10.1. The van der Waals surface area contributed by atoms with Crippen LogP contribution in [0.5, 0.6) is 0 Å². The van der Waals surface area contributed by atoms with Gasteiger partial charge in [-0.1, -0.05) is 46.6 Å². The van der Waals surface area contributed by atoms with E-state index in [-0.39, 0.29) is 0 Å². The summed E-state index contributed by atoms with van der Waals surface area (Å²) >= 11 is 9.52. The summed E-state index contributed by atoms with van der Waals surface area (Å²) in [5.74, 6) is 0. The van der Waals surface area contributed by atoms with E-state index in [1.165, 1.54) is 17.5 Å². The summed E-state index contributed by atoms with van der Waals surface area (Å²) in [6.07, 6.45) is 3.29. The molecule has 0 aliphatic rings. The minimum atomic E-state index is 0.912. The van der Waals surface area contributed by atoms with E-state index in [1.807, 2.05) is 0 Å². The average Bonchev–Trinajstić information content (AvgIpc) is 2.15. The highest BCUT2D eigenvalue weighted by atomic mass is 79.9. The third kappa shape index (κ3) is 3.32. The Hall–Kier alpha value is -0.0100. The molecular formula is C11H14BrCl. The third-order valence-electron chi connectivity index (χ3n) is 2.10. The minimum Gasteiger partial charge on any atom is -0.0928 e. The fourth-order valence-corrected chi connectivity index (χ4v) is 1.92. The molecule has 0 saturated heterocycles. The van der Waals surface area contributed by atoms with Gasteiger partial charge in [-0.15, -0.1) is 0 Å². The van der Waals surface area contributed by atoms with E-state index < -0.39 is 0 Å². The quantitative estimate of drug-likeness (QED) is 0.712. The van der Waals surface area contributed by atoms with Gasteiger partial charge in [-0.25, -0.2) is 0 Å². The summed E-state index contributed by atoms with van der Waals surface area (Å²) in [6.45, 7) is 2.12. The van der Waals surface area contributed by atoms with Crippen molar-refractivity contribution in [3.63, 3.8) is 0 Å². The number of alkyl halides is 1. The van der Waals surface area contributed by atoms with Crippen LogP contribution in [0.25, 0.3) is 0 Å². The van der Waals surface area contributed by atoms with Gasteiger partial charge in [-0.2, -0.15) is 0 Å². The highest BCUT2D eigenvalue weighted by Crippen LogP contribution is 2.19. The molecule has 0 nitrogen and oxygen atoms in total. The molecule has 0 unspecified atom stereocenters. The lowest BCUT2D eigenvalue weighted by molar-refractivity contribution is 0.937. The zero-order chi connectivity index (χ0) is 9.68. The van der Waals surface area contributed by atoms with Crippen LogP contribution in [0.3, 0.4) is 0 Å². The molecule has 0 aliphatic carbocycles. The van der Waals surface area contributed by atoms with E-state index in [0.29, 0.717) is 0 Å². The highest BCUT2D eigenvalue weighted by molar-refractivity contribution is 9.09. The standard InChI is InChI=1S/C11H14BrCl/c1-2-10-6-5-9(4-3-7-12)8-11(10)13/h5-6,8H,2-4,7H2,1H3. The monoisotopic (exact) mass is 260 g/mol. The molecule has 0 spiro atoms. The highest BCUT2D eigenvalue weighted by Gasteiger charge is 1.99. The molecule has 0 saturated carbocycles. The van der Waals surface area contributed by atoms with Crippen molar-refractivity contribution in [2.45, 2.75) is 26.2 Å². The first kappa shape index (κ1) is 11.1. The fraction of sp³-hybridized carbons (Fsp3) is 0.455. The number of benzene rings is 1. The zero-order valence-electron chi connectivity index (χ0n) is 7.82. The maximum absolute atomic E-state index is 6.10. The molecular weight excluding hydrogens is 247 g/mol. The van der Waals surface area contributed by atoms with Crippen molar-refractivity contribution in [2.75, 3.05) is 5.33 Å². The van der Waals surface area contributed by atoms with Crippen molar-refractivity contribution >= 4 is 27.5 Å². The summed E-state index contributed by atoms with van der Waals surface area (Å²) in [7, 11) is 0. The van der Waals surface area contributed by atoms with Gasteiger partial charge in [0.05, 0.1) is 0 Å². The number of rotatable bonds is 4.